The molecule has 0 bridgehead atoms. The summed E-state index contributed by atoms with van der Waals surface area (Å²) < 4.78 is 0. The molecule has 0 amide bonds. The second-order valence-corrected chi connectivity index (χ2v) is 4.40. The maximum absolute atomic E-state index is 10.4. The van der Waals surface area contributed by atoms with Gasteiger partial charge >= 0.3 is 5.97 Å². The lowest BCUT2D eigenvalue weighted by atomic mass is 10.2. The van der Waals surface area contributed by atoms with Crippen molar-refractivity contribution in [3.63, 3.8) is 0 Å². The van der Waals surface area contributed by atoms with Gasteiger partial charge in [-0.1, -0.05) is 27.8 Å². The molecule has 0 aliphatic carbocycles. The van der Waals surface area contributed by atoms with E-state index in [0.717, 1.165) is 22.2 Å². The molecule has 0 saturated carbocycles. The third kappa shape index (κ3) is 3.95. The molecule has 14 heavy (non-hydrogen) atoms. The van der Waals surface area contributed by atoms with E-state index >= 15 is 0 Å². The van der Waals surface area contributed by atoms with Gasteiger partial charge in [0.1, 0.15) is 0 Å². The Labute approximate surface area is 95.1 Å². The molecule has 0 aromatic carbocycles. The molecule has 1 N–H and O–H groups in total. The van der Waals surface area contributed by atoms with E-state index in [1.807, 2.05) is 11.4 Å². The highest BCUT2D eigenvalue weighted by Crippen LogP contribution is 2.14. The summed E-state index contributed by atoms with van der Waals surface area (Å²) in [5.41, 5.74) is 0.909. The van der Waals surface area contributed by atoms with Gasteiger partial charge in [-0.05, 0) is 6.07 Å². The van der Waals surface area contributed by atoms with Crippen molar-refractivity contribution in [1.82, 2.24) is 0 Å². The zero-order valence-electron chi connectivity index (χ0n) is 7.42. The van der Waals surface area contributed by atoms with Crippen LogP contribution in [0.25, 0.3) is 0 Å². The molecule has 0 atom stereocenters. The van der Waals surface area contributed by atoms with Gasteiger partial charge in [-0.2, -0.15) is 0 Å². The standard InChI is InChI=1S/C10H9BrO2S/c11-4-2-1-3-8-5-9(14-7-8)6-10(12)13/h5,7H,2,4,6H2,(H,12,13). The third-order valence-electron chi connectivity index (χ3n) is 1.43. The fraction of sp³-hybridized carbons (Fsp3) is 0.300. The normalized spacial score (nSPS) is 9.21. The van der Waals surface area contributed by atoms with Gasteiger partial charge in [0.15, 0.2) is 0 Å². The monoisotopic (exact) mass is 272 g/mol. The molecule has 0 fully saturated rings. The first-order valence-electron chi connectivity index (χ1n) is 4.06. The van der Waals surface area contributed by atoms with Gasteiger partial charge < -0.3 is 5.11 Å². The summed E-state index contributed by atoms with van der Waals surface area (Å²) in [6, 6.07) is 1.83. The van der Waals surface area contributed by atoms with Gasteiger partial charge in [0.25, 0.3) is 0 Å². The molecule has 0 aliphatic rings. The van der Waals surface area contributed by atoms with E-state index in [1.54, 1.807) is 0 Å². The number of halogens is 1. The molecule has 1 rings (SSSR count). The van der Waals surface area contributed by atoms with Crippen LogP contribution in [-0.2, 0) is 11.2 Å². The van der Waals surface area contributed by atoms with Crippen molar-refractivity contribution in [1.29, 1.82) is 0 Å². The van der Waals surface area contributed by atoms with Crippen LogP contribution in [0.1, 0.15) is 16.9 Å². The SMILES string of the molecule is O=C(O)Cc1cc(C#CCCBr)cs1. The predicted octanol–water partition coefficient (Wildman–Crippen LogP) is 2.51. The molecule has 0 aliphatic heterocycles. The van der Waals surface area contributed by atoms with Gasteiger partial charge in [0.05, 0.1) is 6.42 Å². The van der Waals surface area contributed by atoms with Crippen LogP contribution in [0.15, 0.2) is 11.4 Å². The molecule has 0 saturated heterocycles. The Hall–Kier alpha value is -0.790. The topological polar surface area (TPSA) is 37.3 Å². The molecule has 74 valence electrons. The quantitative estimate of drug-likeness (QED) is 0.678. The predicted molar refractivity (Wildman–Crippen MR) is 60.9 cm³/mol. The lowest BCUT2D eigenvalue weighted by Crippen LogP contribution is -1.97. The number of aliphatic carboxylic acids is 1. The van der Waals surface area contributed by atoms with Gasteiger partial charge in [-0.3, -0.25) is 4.79 Å². The van der Waals surface area contributed by atoms with Crippen LogP contribution >= 0.6 is 27.3 Å². The van der Waals surface area contributed by atoms with Crippen LogP contribution in [0, 0.1) is 11.8 Å². The number of carboxylic acid groups (broad SMARTS) is 1. The number of thiophene rings is 1. The first-order chi connectivity index (χ1) is 6.72. The number of hydrogen-bond acceptors (Lipinski definition) is 2. The highest BCUT2D eigenvalue weighted by Gasteiger charge is 2.02. The fourth-order valence-electron chi connectivity index (χ4n) is 0.900. The zero-order valence-corrected chi connectivity index (χ0v) is 9.82. The molecule has 0 radical (unpaired) electrons. The molecule has 1 aromatic heterocycles. The van der Waals surface area contributed by atoms with Crippen molar-refractivity contribution >= 4 is 33.2 Å². The lowest BCUT2D eigenvalue weighted by molar-refractivity contribution is -0.136. The smallest absolute Gasteiger partial charge is 0.308 e. The van der Waals surface area contributed by atoms with Crippen LogP contribution in [0.4, 0.5) is 0 Å². The van der Waals surface area contributed by atoms with E-state index in [4.69, 9.17) is 5.11 Å². The first-order valence-corrected chi connectivity index (χ1v) is 6.06. The number of alkyl halides is 1. The highest BCUT2D eigenvalue weighted by molar-refractivity contribution is 9.09. The molecular weight excluding hydrogens is 264 g/mol. The van der Waals surface area contributed by atoms with Crippen LogP contribution < -0.4 is 0 Å². The van der Waals surface area contributed by atoms with E-state index < -0.39 is 5.97 Å². The Morgan fingerprint density at radius 2 is 2.43 bits per heavy atom. The Bertz CT molecular complexity index is 373. The van der Waals surface area contributed by atoms with Crippen LogP contribution in [-0.4, -0.2) is 16.4 Å². The zero-order chi connectivity index (χ0) is 10.4. The number of rotatable bonds is 3. The summed E-state index contributed by atoms with van der Waals surface area (Å²) in [5.74, 6) is 5.16. The van der Waals surface area contributed by atoms with Crippen molar-refractivity contribution in [3.05, 3.63) is 21.9 Å². The Balaban J connectivity index is 2.60. The van der Waals surface area contributed by atoms with E-state index in [1.165, 1.54) is 11.3 Å². The van der Waals surface area contributed by atoms with Crippen LogP contribution in [0.5, 0.6) is 0 Å². The van der Waals surface area contributed by atoms with E-state index in [9.17, 15) is 4.79 Å². The fourth-order valence-corrected chi connectivity index (χ4v) is 1.91. The van der Waals surface area contributed by atoms with Gasteiger partial charge in [-0.15, -0.1) is 11.3 Å². The van der Waals surface area contributed by atoms with Gasteiger partial charge in [0, 0.05) is 27.6 Å². The van der Waals surface area contributed by atoms with Crippen LogP contribution in [0.2, 0.25) is 0 Å². The van der Waals surface area contributed by atoms with Crippen molar-refractivity contribution in [3.8, 4) is 11.8 Å². The minimum absolute atomic E-state index is 0.0881. The second-order valence-electron chi connectivity index (χ2n) is 2.61. The second kappa shape index (κ2) is 5.84. The van der Waals surface area contributed by atoms with Crippen molar-refractivity contribution < 1.29 is 9.90 Å². The van der Waals surface area contributed by atoms with E-state index in [0.29, 0.717) is 0 Å². The summed E-state index contributed by atoms with van der Waals surface area (Å²) in [6.45, 7) is 0. The van der Waals surface area contributed by atoms with E-state index in [-0.39, 0.29) is 6.42 Å². The van der Waals surface area contributed by atoms with Crippen LogP contribution in [0.3, 0.4) is 0 Å². The maximum Gasteiger partial charge on any atom is 0.308 e. The Kier molecular flexibility index (Phi) is 4.71. The number of carboxylic acids is 1. The first kappa shape index (κ1) is 11.3. The summed E-state index contributed by atoms with van der Waals surface area (Å²) in [7, 11) is 0. The summed E-state index contributed by atoms with van der Waals surface area (Å²) in [4.78, 5) is 11.3. The highest BCUT2D eigenvalue weighted by atomic mass is 79.9. The molecular formula is C10H9BrO2S. The van der Waals surface area contributed by atoms with Crippen molar-refractivity contribution in [2.75, 3.05) is 5.33 Å². The van der Waals surface area contributed by atoms with Crippen molar-refractivity contribution in [2.24, 2.45) is 0 Å². The van der Waals surface area contributed by atoms with Gasteiger partial charge in [0.2, 0.25) is 0 Å². The minimum Gasteiger partial charge on any atom is -0.481 e. The molecule has 2 nitrogen and oxygen atoms in total. The third-order valence-corrected chi connectivity index (χ3v) is 2.76. The summed E-state index contributed by atoms with van der Waals surface area (Å²) >= 11 is 4.72. The average molecular weight is 273 g/mol. The summed E-state index contributed by atoms with van der Waals surface area (Å²) in [6.07, 6.45) is 0.898. The molecule has 0 spiro atoms. The maximum atomic E-state index is 10.4. The minimum atomic E-state index is -0.799. The van der Waals surface area contributed by atoms with Gasteiger partial charge in [-0.25, -0.2) is 0 Å². The molecule has 0 unspecified atom stereocenters. The van der Waals surface area contributed by atoms with E-state index in [2.05, 4.69) is 27.8 Å². The summed E-state index contributed by atoms with van der Waals surface area (Å²) in [5, 5.41) is 11.3. The molecule has 4 heteroatoms. The number of carbonyl (C=O) groups is 1. The largest absolute Gasteiger partial charge is 0.481 e. The number of hydrogen-bond donors (Lipinski definition) is 1. The molecule has 1 heterocycles. The average Bonchev–Trinajstić information content (AvgIpc) is 2.52. The lowest BCUT2D eigenvalue weighted by Gasteiger charge is -1.86. The Morgan fingerprint density at radius 1 is 1.64 bits per heavy atom. The van der Waals surface area contributed by atoms with Crippen molar-refractivity contribution in [2.45, 2.75) is 12.8 Å². The Morgan fingerprint density at radius 3 is 3.07 bits per heavy atom. The molecule has 1 aromatic rings.